The molecule has 126 valence electrons. The molecule has 6 N–H and O–H groups in total. The molecule has 0 atom stereocenters. The highest BCUT2D eigenvalue weighted by Gasteiger charge is 2.25. The summed E-state index contributed by atoms with van der Waals surface area (Å²) < 4.78 is 0. The molecule has 0 heterocycles. The first-order chi connectivity index (χ1) is 10.9. The molecule has 0 unspecified atom stereocenters. The molecule has 0 aromatic heterocycles. The average Bonchev–Trinajstić information content (AvgIpc) is 2.47. The van der Waals surface area contributed by atoms with Gasteiger partial charge >= 0.3 is 5.97 Å². The van der Waals surface area contributed by atoms with Crippen molar-refractivity contribution in [2.75, 3.05) is 0 Å². The van der Waals surface area contributed by atoms with Gasteiger partial charge in [-0.25, -0.2) is 4.79 Å². The zero-order chi connectivity index (χ0) is 17.0. The first-order valence-electron chi connectivity index (χ1n) is 7.23. The van der Waals surface area contributed by atoms with E-state index < -0.39 is 5.97 Å². The Morgan fingerprint density at radius 1 is 1.17 bits per heavy atom. The maximum absolute atomic E-state index is 11.0. The normalized spacial score (nSPS) is 22.4. The molecule has 5 nitrogen and oxygen atoms in total. The number of nitrogens with one attached hydrogen (secondary N) is 1. The van der Waals surface area contributed by atoms with Crippen LogP contribution in [-0.4, -0.2) is 16.3 Å². The Morgan fingerprint density at radius 3 is 2.22 bits per heavy atom. The van der Waals surface area contributed by atoms with Crippen LogP contribution in [0.4, 0.5) is 0 Å². The van der Waals surface area contributed by atoms with Crippen molar-refractivity contribution in [1.82, 2.24) is 5.43 Å². The van der Waals surface area contributed by atoms with Crippen LogP contribution in [0.1, 0.15) is 37.2 Å². The summed E-state index contributed by atoms with van der Waals surface area (Å²) in [7, 11) is 0. The summed E-state index contributed by atoms with van der Waals surface area (Å²) in [5, 5.41) is 10.8. The summed E-state index contributed by atoms with van der Waals surface area (Å²) in [5.41, 5.74) is 8.98. The number of aliphatic carboxylic acids is 1. The number of rotatable bonds is 5. The predicted octanol–water partition coefficient (Wildman–Crippen LogP) is 3.43. The second-order valence-corrected chi connectivity index (χ2v) is 7.70. The number of halogens is 2. The van der Waals surface area contributed by atoms with Crippen molar-refractivity contribution >= 4 is 40.9 Å². The highest BCUT2D eigenvalue weighted by molar-refractivity contribution is 8.03. The highest BCUT2D eigenvalue weighted by atomic mass is 35.5. The predicted molar refractivity (Wildman–Crippen MR) is 95.2 cm³/mol. The van der Waals surface area contributed by atoms with Gasteiger partial charge in [-0.15, -0.1) is 11.8 Å². The number of carbonyl (C=O) groups is 1. The fraction of sp³-hybridized carbons (Fsp3) is 0.400. The maximum Gasteiger partial charge on any atom is 0.356 e. The fourth-order valence-corrected chi connectivity index (χ4v) is 4.48. The van der Waals surface area contributed by atoms with E-state index in [2.05, 4.69) is 5.43 Å². The molecule has 0 spiro atoms. The Labute approximate surface area is 149 Å². The van der Waals surface area contributed by atoms with E-state index in [1.54, 1.807) is 6.07 Å². The molecular weight excluding hydrogens is 357 g/mol. The van der Waals surface area contributed by atoms with E-state index in [1.165, 1.54) is 11.8 Å². The van der Waals surface area contributed by atoms with Crippen LogP contribution in [0.2, 0.25) is 10.0 Å². The molecule has 1 saturated carbocycles. The second-order valence-electron chi connectivity index (χ2n) is 5.48. The lowest BCUT2D eigenvalue weighted by molar-refractivity contribution is -0.133. The largest absolute Gasteiger partial charge is 0.476 e. The number of hydrogen-bond acceptors (Lipinski definition) is 5. The smallest absolute Gasteiger partial charge is 0.356 e. The minimum Gasteiger partial charge on any atom is -0.476 e. The monoisotopic (exact) mass is 375 g/mol. The van der Waals surface area contributed by atoms with E-state index in [4.69, 9.17) is 39.9 Å². The van der Waals surface area contributed by atoms with Gasteiger partial charge in [-0.2, -0.15) is 0 Å². The Morgan fingerprint density at radius 2 is 1.74 bits per heavy atom. The number of carboxylic acid groups (broad SMARTS) is 1. The van der Waals surface area contributed by atoms with Gasteiger partial charge in [-0.1, -0.05) is 23.2 Å². The molecule has 23 heavy (non-hydrogen) atoms. The van der Waals surface area contributed by atoms with Crippen molar-refractivity contribution < 1.29 is 9.90 Å². The summed E-state index contributed by atoms with van der Waals surface area (Å²) in [4.78, 5) is 11.0. The van der Waals surface area contributed by atoms with Crippen LogP contribution in [-0.2, 0) is 4.79 Å². The standard InChI is InChI=1S/C15H19Cl2N3O2S/c16-10-5-9(6-11(17)7-10)8-1-3-12(4-2-8)23-14(18)13(20-19)15(21)22/h5-8,12,20H,1-4,18-19H2,(H,21,22)/b14-13+. The summed E-state index contributed by atoms with van der Waals surface area (Å²) in [6.07, 6.45) is 3.86. The van der Waals surface area contributed by atoms with Crippen LogP contribution >= 0.6 is 35.0 Å². The van der Waals surface area contributed by atoms with Crippen LogP contribution < -0.4 is 17.0 Å². The fourth-order valence-electron chi connectivity index (χ4n) is 2.80. The minimum atomic E-state index is -1.15. The molecular formula is C15H19Cl2N3O2S. The minimum absolute atomic E-state index is 0.154. The molecule has 0 radical (unpaired) electrons. The van der Waals surface area contributed by atoms with Gasteiger partial charge in [0.05, 0.1) is 5.03 Å². The quantitative estimate of drug-likeness (QED) is 0.357. The maximum atomic E-state index is 11.0. The van der Waals surface area contributed by atoms with Crippen molar-refractivity contribution in [2.45, 2.75) is 36.9 Å². The van der Waals surface area contributed by atoms with E-state index >= 15 is 0 Å². The van der Waals surface area contributed by atoms with E-state index in [-0.39, 0.29) is 16.0 Å². The number of hydrazine groups is 1. The molecule has 0 aliphatic heterocycles. The second kappa shape index (κ2) is 8.15. The van der Waals surface area contributed by atoms with E-state index in [9.17, 15) is 4.79 Å². The molecule has 0 bridgehead atoms. The van der Waals surface area contributed by atoms with E-state index in [0.717, 1.165) is 31.2 Å². The van der Waals surface area contributed by atoms with Crippen molar-refractivity contribution in [3.05, 3.63) is 44.5 Å². The summed E-state index contributed by atoms with van der Waals surface area (Å²) >= 11 is 13.5. The van der Waals surface area contributed by atoms with Crippen molar-refractivity contribution in [2.24, 2.45) is 11.6 Å². The third kappa shape index (κ3) is 4.94. The molecule has 1 aromatic carbocycles. The summed E-state index contributed by atoms with van der Waals surface area (Å²) in [6.45, 7) is 0. The first-order valence-corrected chi connectivity index (χ1v) is 8.86. The Hall–Kier alpha value is -1.08. The molecule has 1 aliphatic rings. The Balaban J connectivity index is 1.97. The van der Waals surface area contributed by atoms with Crippen LogP contribution in [0, 0.1) is 0 Å². The topological polar surface area (TPSA) is 101 Å². The third-order valence-electron chi connectivity index (χ3n) is 3.93. The number of thioether (sulfide) groups is 1. The van der Waals surface area contributed by atoms with Crippen molar-refractivity contribution in [3.63, 3.8) is 0 Å². The zero-order valence-corrected chi connectivity index (χ0v) is 14.7. The summed E-state index contributed by atoms with van der Waals surface area (Å²) in [5.74, 6) is 4.46. The van der Waals surface area contributed by atoms with Crippen LogP contribution in [0.25, 0.3) is 0 Å². The SMILES string of the molecule is NN/C(C(=O)O)=C(\N)SC1CCC(c2cc(Cl)cc(Cl)c2)CC1. The molecule has 2 rings (SSSR count). The lowest BCUT2D eigenvalue weighted by Gasteiger charge is -2.28. The van der Waals surface area contributed by atoms with Crippen LogP contribution in [0.3, 0.4) is 0 Å². The molecule has 8 heteroatoms. The molecule has 0 amide bonds. The average molecular weight is 376 g/mol. The van der Waals surface area contributed by atoms with Crippen molar-refractivity contribution in [3.8, 4) is 0 Å². The highest BCUT2D eigenvalue weighted by Crippen LogP contribution is 2.40. The molecule has 1 aliphatic carbocycles. The number of hydrogen-bond donors (Lipinski definition) is 4. The number of carboxylic acids is 1. The van der Waals surface area contributed by atoms with E-state index in [1.807, 2.05) is 12.1 Å². The third-order valence-corrected chi connectivity index (χ3v) is 5.63. The van der Waals surface area contributed by atoms with Gasteiger partial charge in [0.25, 0.3) is 0 Å². The number of benzene rings is 1. The van der Waals surface area contributed by atoms with Crippen LogP contribution in [0.5, 0.6) is 0 Å². The van der Waals surface area contributed by atoms with E-state index in [0.29, 0.717) is 16.0 Å². The summed E-state index contributed by atoms with van der Waals surface area (Å²) in [6, 6.07) is 5.65. The Bertz CT molecular complexity index is 596. The molecule has 1 aromatic rings. The molecule has 0 saturated heterocycles. The van der Waals surface area contributed by atoms with Gasteiger partial charge in [-0.3, -0.25) is 5.84 Å². The van der Waals surface area contributed by atoms with Gasteiger partial charge in [-0.05, 0) is 55.4 Å². The zero-order valence-electron chi connectivity index (χ0n) is 12.4. The van der Waals surface area contributed by atoms with Gasteiger partial charge in [0.2, 0.25) is 0 Å². The van der Waals surface area contributed by atoms with Crippen LogP contribution in [0.15, 0.2) is 28.9 Å². The lowest BCUT2D eigenvalue weighted by Crippen LogP contribution is -2.30. The number of nitrogens with two attached hydrogens (primary N) is 2. The lowest BCUT2D eigenvalue weighted by atomic mass is 9.84. The van der Waals surface area contributed by atoms with Crippen molar-refractivity contribution in [1.29, 1.82) is 0 Å². The van der Waals surface area contributed by atoms with Gasteiger partial charge in [0.15, 0.2) is 5.70 Å². The van der Waals surface area contributed by atoms with Gasteiger partial charge in [0, 0.05) is 15.3 Å². The van der Waals surface area contributed by atoms with Gasteiger partial charge < -0.3 is 16.3 Å². The first kappa shape index (κ1) is 18.3. The Kier molecular flexibility index (Phi) is 6.47. The molecule has 1 fully saturated rings. The van der Waals surface area contributed by atoms with Gasteiger partial charge in [0.1, 0.15) is 0 Å².